The first-order valence-electron chi connectivity index (χ1n) is 5.53. The maximum atomic E-state index is 10.2. The van der Waals surface area contributed by atoms with Gasteiger partial charge in [0.2, 0.25) is 0 Å². The Labute approximate surface area is 95.6 Å². The first kappa shape index (κ1) is 11.0. The summed E-state index contributed by atoms with van der Waals surface area (Å²) in [5.74, 6) is 0.240. The summed E-state index contributed by atoms with van der Waals surface area (Å²) in [7, 11) is 0. The van der Waals surface area contributed by atoms with Crippen LogP contribution in [0.25, 0.3) is 0 Å². The molecule has 1 unspecified atom stereocenters. The summed E-state index contributed by atoms with van der Waals surface area (Å²) in [4.78, 5) is 0. The minimum Gasteiger partial charge on any atom is -0.508 e. The van der Waals surface area contributed by atoms with Gasteiger partial charge >= 0.3 is 0 Å². The van der Waals surface area contributed by atoms with Gasteiger partial charge in [0.1, 0.15) is 5.76 Å². The lowest BCUT2D eigenvalue weighted by atomic mass is 9.88. The van der Waals surface area contributed by atoms with Gasteiger partial charge in [-0.25, -0.2) is 0 Å². The monoisotopic (exact) mass is 216 g/mol. The molecule has 1 aliphatic carbocycles. The van der Waals surface area contributed by atoms with Crippen LogP contribution in [-0.2, 0) is 6.42 Å². The highest BCUT2D eigenvalue weighted by Crippen LogP contribution is 2.25. The molecule has 0 aromatic heterocycles. The summed E-state index contributed by atoms with van der Waals surface area (Å²) in [6.45, 7) is 0. The van der Waals surface area contributed by atoms with Gasteiger partial charge in [-0.1, -0.05) is 30.3 Å². The number of aliphatic hydroxyl groups is 2. The number of aliphatic hydroxyl groups excluding tert-OH is 1. The van der Waals surface area contributed by atoms with Gasteiger partial charge in [0.25, 0.3) is 0 Å². The van der Waals surface area contributed by atoms with Crippen LogP contribution in [-0.4, -0.2) is 15.8 Å². The van der Waals surface area contributed by atoms with E-state index in [1.54, 1.807) is 18.2 Å². The smallest absolute Gasteiger partial charge is 0.111 e. The van der Waals surface area contributed by atoms with Crippen molar-refractivity contribution in [3.05, 3.63) is 59.9 Å². The molecular formula is C14H16O2. The Morgan fingerprint density at radius 3 is 2.56 bits per heavy atom. The van der Waals surface area contributed by atoms with Crippen molar-refractivity contribution in [2.75, 3.05) is 0 Å². The van der Waals surface area contributed by atoms with Crippen LogP contribution in [0.5, 0.6) is 0 Å². The largest absolute Gasteiger partial charge is 0.508 e. The van der Waals surface area contributed by atoms with Crippen LogP contribution in [0.2, 0.25) is 0 Å². The summed E-state index contributed by atoms with van der Waals surface area (Å²) < 4.78 is 0. The molecule has 0 heterocycles. The first-order valence-corrected chi connectivity index (χ1v) is 5.53. The van der Waals surface area contributed by atoms with Crippen LogP contribution in [0.1, 0.15) is 18.4 Å². The van der Waals surface area contributed by atoms with E-state index in [1.165, 1.54) is 5.56 Å². The second-order valence-corrected chi connectivity index (χ2v) is 4.26. The van der Waals surface area contributed by atoms with E-state index in [2.05, 4.69) is 12.1 Å². The second kappa shape index (κ2) is 4.54. The van der Waals surface area contributed by atoms with E-state index in [-0.39, 0.29) is 5.76 Å². The van der Waals surface area contributed by atoms with Gasteiger partial charge in [0, 0.05) is 6.42 Å². The summed E-state index contributed by atoms with van der Waals surface area (Å²) in [6, 6.07) is 10.1. The highest BCUT2D eigenvalue weighted by atomic mass is 16.3. The molecule has 2 N–H and O–H groups in total. The minimum absolute atomic E-state index is 0.240. The minimum atomic E-state index is -0.804. The average Bonchev–Trinajstić information content (AvgIpc) is 2.33. The van der Waals surface area contributed by atoms with Crippen LogP contribution in [0, 0.1) is 0 Å². The molecule has 1 atom stereocenters. The highest BCUT2D eigenvalue weighted by molar-refractivity contribution is 5.23. The molecule has 2 rings (SSSR count). The Kier molecular flexibility index (Phi) is 3.11. The Bertz CT molecular complexity index is 406. The van der Waals surface area contributed by atoms with Crippen molar-refractivity contribution in [2.24, 2.45) is 0 Å². The Hall–Kier alpha value is -1.54. The van der Waals surface area contributed by atoms with Crippen molar-refractivity contribution in [1.29, 1.82) is 0 Å². The quantitative estimate of drug-likeness (QED) is 0.815. The molecule has 2 nitrogen and oxygen atoms in total. The van der Waals surface area contributed by atoms with E-state index >= 15 is 0 Å². The highest BCUT2D eigenvalue weighted by Gasteiger charge is 2.24. The number of aryl methyl sites for hydroxylation is 1. The maximum Gasteiger partial charge on any atom is 0.111 e. The van der Waals surface area contributed by atoms with Crippen molar-refractivity contribution in [3.8, 4) is 0 Å². The zero-order valence-corrected chi connectivity index (χ0v) is 9.13. The van der Waals surface area contributed by atoms with E-state index in [1.807, 2.05) is 18.2 Å². The number of hydrogen-bond acceptors (Lipinski definition) is 2. The second-order valence-electron chi connectivity index (χ2n) is 4.26. The molecule has 1 aromatic carbocycles. The predicted octanol–water partition coefficient (Wildman–Crippen LogP) is 2.75. The van der Waals surface area contributed by atoms with E-state index in [0.717, 1.165) is 6.42 Å². The molecule has 84 valence electrons. The molecule has 1 aromatic rings. The van der Waals surface area contributed by atoms with Gasteiger partial charge in [-0.05, 0) is 36.6 Å². The molecule has 1 aliphatic rings. The third kappa shape index (κ3) is 2.74. The number of benzene rings is 1. The van der Waals surface area contributed by atoms with E-state index in [4.69, 9.17) is 0 Å². The first-order chi connectivity index (χ1) is 7.68. The Morgan fingerprint density at radius 2 is 1.94 bits per heavy atom. The summed E-state index contributed by atoms with van der Waals surface area (Å²) >= 11 is 0. The number of rotatable bonds is 3. The molecule has 16 heavy (non-hydrogen) atoms. The molecule has 0 radical (unpaired) electrons. The van der Waals surface area contributed by atoms with Gasteiger partial charge in [0.15, 0.2) is 0 Å². The molecule has 0 fully saturated rings. The lowest BCUT2D eigenvalue weighted by molar-refractivity contribution is 0.0817. The van der Waals surface area contributed by atoms with Crippen LogP contribution in [0.3, 0.4) is 0 Å². The van der Waals surface area contributed by atoms with E-state index in [0.29, 0.717) is 12.8 Å². The van der Waals surface area contributed by atoms with Crippen molar-refractivity contribution in [1.82, 2.24) is 0 Å². The molecule has 2 heteroatoms. The third-order valence-electron chi connectivity index (χ3n) is 2.92. The van der Waals surface area contributed by atoms with Crippen molar-refractivity contribution in [2.45, 2.75) is 24.9 Å². The van der Waals surface area contributed by atoms with Crippen LogP contribution in [0.15, 0.2) is 54.3 Å². The molecule has 0 saturated carbocycles. The fourth-order valence-electron chi connectivity index (χ4n) is 1.85. The van der Waals surface area contributed by atoms with Gasteiger partial charge in [0.05, 0.1) is 5.60 Å². The van der Waals surface area contributed by atoms with Crippen LogP contribution >= 0.6 is 0 Å². The van der Waals surface area contributed by atoms with Crippen LogP contribution in [0.4, 0.5) is 0 Å². The average molecular weight is 216 g/mol. The molecule has 0 saturated heterocycles. The fraction of sp³-hybridized carbons (Fsp3) is 0.286. The van der Waals surface area contributed by atoms with Gasteiger partial charge in [-0.15, -0.1) is 0 Å². The molecule has 0 aliphatic heterocycles. The Morgan fingerprint density at radius 1 is 1.19 bits per heavy atom. The van der Waals surface area contributed by atoms with Crippen molar-refractivity contribution >= 4 is 0 Å². The zero-order chi connectivity index (χ0) is 11.4. The standard InChI is InChI=1S/C14H16O2/c15-13-7-10-14(16,11-8-13)9-6-12-4-2-1-3-5-12/h1-5,7-8,10,15-16H,6,9,11H2. The lowest BCUT2D eigenvalue weighted by Gasteiger charge is -2.25. The van der Waals surface area contributed by atoms with E-state index < -0.39 is 5.60 Å². The lowest BCUT2D eigenvalue weighted by Crippen LogP contribution is -2.27. The Balaban J connectivity index is 1.94. The number of allylic oxidation sites excluding steroid dienone is 1. The summed E-state index contributed by atoms with van der Waals surface area (Å²) in [5.41, 5.74) is 0.422. The summed E-state index contributed by atoms with van der Waals surface area (Å²) in [6.07, 6.45) is 6.92. The van der Waals surface area contributed by atoms with Gasteiger partial charge in [-0.2, -0.15) is 0 Å². The molecular weight excluding hydrogens is 200 g/mol. The zero-order valence-electron chi connectivity index (χ0n) is 9.13. The molecule has 0 bridgehead atoms. The van der Waals surface area contributed by atoms with E-state index in [9.17, 15) is 10.2 Å². The SMILES string of the molecule is OC1=CCC(O)(CCc2ccccc2)C=C1. The fourth-order valence-corrected chi connectivity index (χ4v) is 1.85. The predicted molar refractivity (Wildman–Crippen MR) is 64.2 cm³/mol. The summed E-state index contributed by atoms with van der Waals surface area (Å²) in [5, 5.41) is 19.4. The topological polar surface area (TPSA) is 40.5 Å². The van der Waals surface area contributed by atoms with Gasteiger partial charge in [-0.3, -0.25) is 0 Å². The molecule has 0 amide bonds. The third-order valence-corrected chi connectivity index (χ3v) is 2.92. The van der Waals surface area contributed by atoms with Crippen LogP contribution < -0.4 is 0 Å². The van der Waals surface area contributed by atoms with Crippen molar-refractivity contribution in [3.63, 3.8) is 0 Å². The molecule has 0 spiro atoms. The van der Waals surface area contributed by atoms with Crippen molar-refractivity contribution < 1.29 is 10.2 Å². The number of hydrogen-bond donors (Lipinski definition) is 2. The maximum absolute atomic E-state index is 10.2. The normalized spacial score (nSPS) is 24.2. The van der Waals surface area contributed by atoms with Gasteiger partial charge < -0.3 is 10.2 Å².